The molecule has 150 valence electrons. The SMILES string of the molecule is CN=C(NCc1cccc(Cl)c1)NCc1cccc(NC(=O)Cn2cccn2)c1. The van der Waals surface area contributed by atoms with E-state index in [0.29, 0.717) is 24.1 Å². The van der Waals surface area contributed by atoms with Crippen molar-refractivity contribution in [3.05, 3.63) is 83.1 Å². The van der Waals surface area contributed by atoms with Crippen molar-refractivity contribution in [3.63, 3.8) is 0 Å². The Hall–Kier alpha value is -3.32. The summed E-state index contributed by atoms with van der Waals surface area (Å²) in [5, 5.41) is 14.2. The molecule has 0 aliphatic rings. The molecule has 3 rings (SSSR count). The Bertz CT molecular complexity index is 971. The monoisotopic (exact) mass is 410 g/mol. The van der Waals surface area contributed by atoms with Crippen LogP contribution in [0.2, 0.25) is 5.02 Å². The third-order valence-electron chi connectivity index (χ3n) is 4.11. The highest BCUT2D eigenvalue weighted by Crippen LogP contribution is 2.11. The van der Waals surface area contributed by atoms with Crippen molar-refractivity contribution in [1.82, 2.24) is 20.4 Å². The van der Waals surface area contributed by atoms with Gasteiger partial charge in [0, 0.05) is 43.2 Å². The number of benzene rings is 2. The van der Waals surface area contributed by atoms with Crippen LogP contribution < -0.4 is 16.0 Å². The van der Waals surface area contributed by atoms with Crippen molar-refractivity contribution in [2.75, 3.05) is 12.4 Å². The van der Waals surface area contributed by atoms with E-state index in [1.54, 1.807) is 30.2 Å². The maximum absolute atomic E-state index is 12.1. The number of nitrogens with one attached hydrogen (secondary N) is 3. The summed E-state index contributed by atoms with van der Waals surface area (Å²) in [6.07, 6.45) is 3.40. The maximum Gasteiger partial charge on any atom is 0.246 e. The summed E-state index contributed by atoms with van der Waals surface area (Å²) >= 11 is 6.02. The first kappa shape index (κ1) is 20.4. The van der Waals surface area contributed by atoms with Crippen molar-refractivity contribution in [1.29, 1.82) is 0 Å². The molecule has 0 atom stereocenters. The van der Waals surface area contributed by atoms with Crippen LogP contribution in [0, 0.1) is 0 Å². The number of nitrogens with zero attached hydrogens (tertiary/aromatic N) is 3. The first-order valence-corrected chi connectivity index (χ1v) is 9.55. The summed E-state index contributed by atoms with van der Waals surface area (Å²) in [5.74, 6) is 0.552. The highest BCUT2D eigenvalue weighted by Gasteiger charge is 2.05. The van der Waals surface area contributed by atoms with Gasteiger partial charge in [-0.1, -0.05) is 35.9 Å². The number of amides is 1. The van der Waals surface area contributed by atoms with Crippen LogP contribution in [0.25, 0.3) is 0 Å². The largest absolute Gasteiger partial charge is 0.352 e. The Balaban J connectivity index is 1.50. The number of guanidine groups is 1. The summed E-state index contributed by atoms with van der Waals surface area (Å²) in [5.41, 5.74) is 2.83. The van der Waals surface area contributed by atoms with Crippen LogP contribution in [-0.4, -0.2) is 28.7 Å². The second-order valence-electron chi connectivity index (χ2n) is 6.36. The van der Waals surface area contributed by atoms with Gasteiger partial charge in [0.1, 0.15) is 6.54 Å². The van der Waals surface area contributed by atoms with Crippen LogP contribution in [0.5, 0.6) is 0 Å². The molecule has 2 aromatic carbocycles. The molecule has 0 bridgehead atoms. The number of aliphatic imine (C=N–C) groups is 1. The van der Waals surface area contributed by atoms with E-state index < -0.39 is 0 Å². The zero-order valence-corrected chi connectivity index (χ0v) is 16.9. The molecule has 7 nitrogen and oxygen atoms in total. The van der Waals surface area contributed by atoms with Crippen molar-refractivity contribution >= 4 is 29.2 Å². The number of carbonyl (C=O) groups is 1. The van der Waals surface area contributed by atoms with Crippen LogP contribution in [0.1, 0.15) is 11.1 Å². The molecule has 3 N–H and O–H groups in total. The molecule has 1 heterocycles. The summed E-state index contributed by atoms with van der Waals surface area (Å²) < 4.78 is 1.58. The van der Waals surface area contributed by atoms with Crippen LogP contribution in [0.4, 0.5) is 5.69 Å². The van der Waals surface area contributed by atoms with Gasteiger partial charge in [0.2, 0.25) is 5.91 Å². The normalized spacial score (nSPS) is 11.2. The van der Waals surface area contributed by atoms with Crippen molar-refractivity contribution in [3.8, 4) is 0 Å². The van der Waals surface area contributed by atoms with Gasteiger partial charge in [-0.2, -0.15) is 5.10 Å². The van der Waals surface area contributed by atoms with E-state index in [1.807, 2.05) is 48.5 Å². The van der Waals surface area contributed by atoms with E-state index in [9.17, 15) is 4.79 Å². The van der Waals surface area contributed by atoms with E-state index in [-0.39, 0.29) is 12.5 Å². The number of halogens is 1. The molecule has 0 saturated heterocycles. The summed E-state index contributed by atoms with van der Waals surface area (Å²) in [4.78, 5) is 16.4. The van der Waals surface area contributed by atoms with Gasteiger partial charge in [-0.25, -0.2) is 0 Å². The second-order valence-corrected chi connectivity index (χ2v) is 6.80. The maximum atomic E-state index is 12.1. The van der Waals surface area contributed by atoms with Crippen LogP contribution in [0.15, 0.2) is 72.0 Å². The molecule has 0 aliphatic heterocycles. The standard InChI is InChI=1S/C21H23ClN6O/c1-23-21(24-13-16-5-2-7-18(22)11-16)25-14-17-6-3-8-19(12-17)27-20(29)15-28-10-4-9-26-28/h2-12H,13-15H2,1H3,(H,27,29)(H2,23,24,25). The average Bonchev–Trinajstić information content (AvgIpc) is 3.21. The number of aromatic nitrogens is 2. The summed E-state index contributed by atoms with van der Waals surface area (Å²) in [6.45, 7) is 1.36. The molecular weight excluding hydrogens is 388 g/mol. The molecule has 0 spiro atoms. The lowest BCUT2D eigenvalue weighted by Gasteiger charge is -2.13. The Labute approximate surface area is 174 Å². The lowest BCUT2D eigenvalue weighted by atomic mass is 10.2. The van der Waals surface area contributed by atoms with E-state index in [1.165, 1.54) is 0 Å². The molecule has 3 aromatic rings. The van der Waals surface area contributed by atoms with E-state index >= 15 is 0 Å². The van der Waals surface area contributed by atoms with Crippen molar-refractivity contribution < 1.29 is 4.79 Å². The van der Waals surface area contributed by atoms with Gasteiger partial charge >= 0.3 is 0 Å². The van der Waals surface area contributed by atoms with Crippen molar-refractivity contribution in [2.24, 2.45) is 4.99 Å². The fourth-order valence-corrected chi connectivity index (χ4v) is 2.95. The van der Waals surface area contributed by atoms with Gasteiger partial charge in [0.25, 0.3) is 0 Å². The van der Waals surface area contributed by atoms with Gasteiger partial charge < -0.3 is 16.0 Å². The fourth-order valence-electron chi connectivity index (χ4n) is 2.74. The summed E-state index contributed by atoms with van der Waals surface area (Å²) in [6, 6.07) is 17.1. The van der Waals surface area contributed by atoms with Crippen LogP contribution >= 0.6 is 11.6 Å². The number of hydrogen-bond donors (Lipinski definition) is 3. The summed E-state index contributed by atoms with van der Waals surface area (Å²) in [7, 11) is 1.72. The quantitative estimate of drug-likeness (QED) is 0.413. The Morgan fingerprint density at radius 2 is 1.79 bits per heavy atom. The molecule has 0 radical (unpaired) electrons. The van der Waals surface area contributed by atoms with Crippen molar-refractivity contribution in [2.45, 2.75) is 19.6 Å². The third kappa shape index (κ3) is 6.65. The van der Waals surface area contributed by atoms with Gasteiger partial charge in [-0.3, -0.25) is 14.5 Å². The predicted octanol–water partition coefficient (Wildman–Crippen LogP) is 3.04. The first-order valence-electron chi connectivity index (χ1n) is 9.17. The van der Waals surface area contributed by atoms with Crippen LogP contribution in [-0.2, 0) is 24.4 Å². The average molecular weight is 411 g/mol. The van der Waals surface area contributed by atoms with Crippen LogP contribution in [0.3, 0.4) is 0 Å². The Kier molecular flexibility index (Phi) is 7.24. The van der Waals surface area contributed by atoms with E-state index in [0.717, 1.165) is 16.8 Å². The number of hydrogen-bond acceptors (Lipinski definition) is 3. The topological polar surface area (TPSA) is 83.3 Å². The van der Waals surface area contributed by atoms with Gasteiger partial charge in [-0.15, -0.1) is 0 Å². The van der Waals surface area contributed by atoms with Gasteiger partial charge in [0.05, 0.1) is 0 Å². The zero-order chi connectivity index (χ0) is 20.5. The van der Waals surface area contributed by atoms with Gasteiger partial charge in [0.15, 0.2) is 5.96 Å². The Morgan fingerprint density at radius 3 is 2.45 bits per heavy atom. The predicted molar refractivity (Wildman–Crippen MR) is 116 cm³/mol. The number of rotatable bonds is 7. The second kappa shape index (κ2) is 10.3. The Morgan fingerprint density at radius 1 is 1.07 bits per heavy atom. The minimum Gasteiger partial charge on any atom is -0.352 e. The molecule has 0 saturated carbocycles. The van der Waals surface area contributed by atoms with E-state index in [4.69, 9.17) is 11.6 Å². The molecule has 1 aromatic heterocycles. The molecule has 0 fully saturated rings. The molecule has 0 aliphatic carbocycles. The first-order chi connectivity index (χ1) is 14.1. The fraction of sp³-hybridized carbons (Fsp3) is 0.190. The lowest BCUT2D eigenvalue weighted by molar-refractivity contribution is -0.116. The molecular formula is C21H23ClN6O. The minimum atomic E-state index is -0.127. The smallest absolute Gasteiger partial charge is 0.246 e. The van der Waals surface area contributed by atoms with E-state index in [2.05, 4.69) is 26.0 Å². The van der Waals surface area contributed by atoms with Gasteiger partial charge in [-0.05, 0) is 41.5 Å². The highest BCUT2D eigenvalue weighted by atomic mass is 35.5. The minimum absolute atomic E-state index is 0.127. The number of carbonyl (C=O) groups excluding carboxylic acids is 1. The molecule has 1 amide bonds. The number of anilines is 1. The molecule has 29 heavy (non-hydrogen) atoms. The zero-order valence-electron chi connectivity index (χ0n) is 16.1. The molecule has 8 heteroatoms. The highest BCUT2D eigenvalue weighted by molar-refractivity contribution is 6.30. The third-order valence-corrected chi connectivity index (χ3v) is 4.34. The molecule has 0 unspecified atom stereocenters. The lowest BCUT2D eigenvalue weighted by Crippen LogP contribution is -2.36.